The van der Waals surface area contributed by atoms with Crippen molar-refractivity contribution in [3.05, 3.63) is 54.1 Å². The number of anilines is 2. The third-order valence-electron chi connectivity index (χ3n) is 4.58. The van der Waals surface area contributed by atoms with E-state index in [9.17, 15) is 4.79 Å². The van der Waals surface area contributed by atoms with Gasteiger partial charge >= 0.3 is 0 Å². The maximum Gasteiger partial charge on any atom is 0.238 e. The molecule has 2 aromatic rings. The van der Waals surface area contributed by atoms with Gasteiger partial charge in [-0.2, -0.15) is 0 Å². The van der Waals surface area contributed by atoms with Gasteiger partial charge in [0.05, 0.1) is 13.7 Å². The summed E-state index contributed by atoms with van der Waals surface area (Å²) in [4.78, 5) is 16.8. The normalized spacial score (nSPS) is 15.0. The lowest BCUT2D eigenvalue weighted by Gasteiger charge is -2.35. The SMILES string of the molecule is COc1cccc(N2CCN(CC(=O)Nc3ccccc3C)CC2)c1. The van der Waals surface area contributed by atoms with Gasteiger partial charge in [-0.1, -0.05) is 24.3 Å². The Hall–Kier alpha value is -2.53. The van der Waals surface area contributed by atoms with Crippen LogP contribution in [0, 0.1) is 6.92 Å². The number of nitrogens with one attached hydrogen (secondary N) is 1. The first kappa shape index (κ1) is 17.3. The standard InChI is InChI=1S/C20H25N3O2/c1-16-6-3-4-9-19(16)21-20(24)15-22-10-12-23(13-11-22)17-7-5-8-18(14-17)25-2/h3-9,14H,10-13,15H2,1-2H3,(H,21,24). The fourth-order valence-corrected chi connectivity index (χ4v) is 3.08. The number of rotatable bonds is 5. The molecule has 1 N–H and O–H groups in total. The second kappa shape index (κ2) is 8.03. The van der Waals surface area contributed by atoms with Crippen molar-refractivity contribution in [2.24, 2.45) is 0 Å². The van der Waals surface area contributed by atoms with Crippen LogP contribution in [0.25, 0.3) is 0 Å². The molecule has 1 saturated heterocycles. The molecule has 0 unspecified atom stereocenters. The second-order valence-electron chi connectivity index (χ2n) is 6.33. The molecule has 3 rings (SSSR count). The van der Waals surface area contributed by atoms with Crippen LogP contribution in [-0.2, 0) is 4.79 Å². The minimum absolute atomic E-state index is 0.0455. The van der Waals surface area contributed by atoms with Crippen LogP contribution >= 0.6 is 0 Å². The lowest BCUT2D eigenvalue weighted by molar-refractivity contribution is -0.117. The van der Waals surface area contributed by atoms with Crippen LogP contribution in [0.2, 0.25) is 0 Å². The molecule has 1 aliphatic rings. The van der Waals surface area contributed by atoms with E-state index in [4.69, 9.17) is 4.74 Å². The average Bonchev–Trinajstić information content (AvgIpc) is 2.64. The molecule has 0 radical (unpaired) electrons. The molecule has 0 bridgehead atoms. The Bertz CT molecular complexity index is 724. The number of hydrogen-bond donors (Lipinski definition) is 1. The molecule has 5 heteroatoms. The lowest BCUT2D eigenvalue weighted by Crippen LogP contribution is -2.48. The van der Waals surface area contributed by atoms with Gasteiger partial charge in [0.2, 0.25) is 5.91 Å². The van der Waals surface area contributed by atoms with Crippen LogP contribution in [0.4, 0.5) is 11.4 Å². The molecule has 1 amide bonds. The van der Waals surface area contributed by atoms with Crippen molar-refractivity contribution in [2.45, 2.75) is 6.92 Å². The van der Waals surface area contributed by atoms with E-state index in [2.05, 4.69) is 27.2 Å². The van der Waals surface area contributed by atoms with Crippen LogP contribution in [0.3, 0.4) is 0 Å². The van der Waals surface area contributed by atoms with E-state index in [0.29, 0.717) is 6.54 Å². The van der Waals surface area contributed by atoms with Crippen LogP contribution < -0.4 is 15.0 Å². The van der Waals surface area contributed by atoms with E-state index >= 15 is 0 Å². The molecule has 132 valence electrons. The largest absolute Gasteiger partial charge is 0.497 e. The number of benzene rings is 2. The van der Waals surface area contributed by atoms with Crippen molar-refractivity contribution < 1.29 is 9.53 Å². The summed E-state index contributed by atoms with van der Waals surface area (Å²) in [6, 6.07) is 16.0. The van der Waals surface area contributed by atoms with Crippen molar-refractivity contribution in [1.82, 2.24) is 4.90 Å². The molecule has 5 nitrogen and oxygen atoms in total. The second-order valence-corrected chi connectivity index (χ2v) is 6.33. The van der Waals surface area contributed by atoms with Crippen molar-refractivity contribution in [1.29, 1.82) is 0 Å². The number of carbonyl (C=O) groups excluding carboxylic acids is 1. The predicted octanol–water partition coefficient (Wildman–Crippen LogP) is 2.76. The van der Waals surface area contributed by atoms with Gasteiger partial charge in [-0.25, -0.2) is 0 Å². The smallest absolute Gasteiger partial charge is 0.238 e. The maximum atomic E-state index is 12.3. The zero-order chi connectivity index (χ0) is 17.6. The molecule has 0 atom stereocenters. The third kappa shape index (κ3) is 4.51. The van der Waals surface area contributed by atoms with Gasteiger partial charge in [0.25, 0.3) is 0 Å². The van der Waals surface area contributed by atoms with Gasteiger partial charge in [-0.15, -0.1) is 0 Å². The molecule has 25 heavy (non-hydrogen) atoms. The van der Waals surface area contributed by atoms with Gasteiger partial charge < -0.3 is 15.0 Å². The van der Waals surface area contributed by atoms with E-state index in [0.717, 1.165) is 43.2 Å². The quantitative estimate of drug-likeness (QED) is 0.910. The summed E-state index contributed by atoms with van der Waals surface area (Å²) in [5, 5.41) is 3.00. The summed E-state index contributed by atoms with van der Waals surface area (Å²) in [6.07, 6.45) is 0. The van der Waals surface area contributed by atoms with Crippen LogP contribution in [-0.4, -0.2) is 50.6 Å². The van der Waals surface area contributed by atoms with E-state index in [1.54, 1.807) is 7.11 Å². The monoisotopic (exact) mass is 339 g/mol. The summed E-state index contributed by atoms with van der Waals surface area (Å²) in [7, 11) is 1.68. The Morgan fingerprint density at radius 3 is 2.56 bits per heavy atom. The summed E-state index contributed by atoms with van der Waals surface area (Å²) in [5.74, 6) is 0.918. The average molecular weight is 339 g/mol. The molecule has 0 aliphatic carbocycles. The molecular weight excluding hydrogens is 314 g/mol. The van der Waals surface area contributed by atoms with Crippen LogP contribution in [0.15, 0.2) is 48.5 Å². The van der Waals surface area contributed by atoms with Gasteiger partial charge in [-0.3, -0.25) is 9.69 Å². The maximum absolute atomic E-state index is 12.3. The molecule has 0 spiro atoms. The Labute approximate surface area is 149 Å². The van der Waals surface area contributed by atoms with E-state index in [-0.39, 0.29) is 5.91 Å². The summed E-state index contributed by atoms with van der Waals surface area (Å²) >= 11 is 0. The first-order valence-corrected chi connectivity index (χ1v) is 8.62. The number of para-hydroxylation sites is 1. The van der Waals surface area contributed by atoms with Crippen molar-refractivity contribution in [3.8, 4) is 5.75 Å². The predicted molar refractivity (Wildman–Crippen MR) is 101 cm³/mol. The Morgan fingerprint density at radius 2 is 1.84 bits per heavy atom. The Balaban J connectivity index is 1.50. The number of methoxy groups -OCH3 is 1. The summed E-state index contributed by atoms with van der Waals surface area (Å²) in [5.41, 5.74) is 3.14. The van der Waals surface area contributed by atoms with E-state index in [1.165, 1.54) is 5.69 Å². The summed E-state index contributed by atoms with van der Waals surface area (Å²) in [6.45, 7) is 6.00. The van der Waals surface area contributed by atoms with Crippen LogP contribution in [0.1, 0.15) is 5.56 Å². The Kier molecular flexibility index (Phi) is 5.56. The summed E-state index contributed by atoms with van der Waals surface area (Å²) < 4.78 is 5.30. The van der Waals surface area contributed by atoms with Crippen molar-refractivity contribution >= 4 is 17.3 Å². The number of hydrogen-bond acceptors (Lipinski definition) is 4. The topological polar surface area (TPSA) is 44.8 Å². The highest BCUT2D eigenvalue weighted by molar-refractivity contribution is 5.92. The number of carbonyl (C=O) groups is 1. The van der Waals surface area contributed by atoms with Gasteiger partial charge in [-0.05, 0) is 30.7 Å². The molecule has 2 aromatic carbocycles. The molecule has 1 fully saturated rings. The van der Waals surface area contributed by atoms with Gasteiger partial charge in [0.1, 0.15) is 5.75 Å². The number of ether oxygens (including phenoxy) is 1. The third-order valence-corrected chi connectivity index (χ3v) is 4.58. The van der Waals surface area contributed by atoms with E-state index < -0.39 is 0 Å². The first-order chi connectivity index (χ1) is 12.2. The lowest BCUT2D eigenvalue weighted by atomic mass is 10.2. The Morgan fingerprint density at radius 1 is 1.08 bits per heavy atom. The van der Waals surface area contributed by atoms with Crippen molar-refractivity contribution in [2.75, 3.05) is 50.1 Å². The molecular formula is C20H25N3O2. The highest BCUT2D eigenvalue weighted by Gasteiger charge is 2.19. The number of piperazine rings is 1. The van der Waals surface area contributed by atoms with Crippen LogP contribution in [0.5, 0.6) is 5.75 Å². The van der Waals surface area contributed by atoms with E-state index in [1.807, 2.05) is 43.3 Å². The van der Waals surface area contributed by atoms with Gasteiger partial charge in [0, 0.05) is 43.6 Å². The molecule has 0 saturated carbocycles. The number of aryl methyl sites for hydroxylation is 1. The molecule has 1 aliphatic heterocycles. The first-order valence-electron chi connectivity index (χ1n) is 8.62. The zero-order valence-corrected chi connectivity index (χ0v) is 14.9. The molecule has 0 aromatic heterocycles. The number of amides is 1. The van der Waals surface area contributed by atoms with Crippen molar-refractivity contribution in [3.63, 3.8) is 0 Å². The zero-order valence-electron chi connectivity index (χ0n) is 14.9. The number of nitrogens with zero attached hydrogens (tertiary/aromatic N) is 2. The molecule has 1 heterocycles. The fraction of sp³-hybridized carbons (Fsp3) is 0.350. The minimum Gasteiger partial charge on any atom is -0.497 e. The minimum atomic E-state index is 0.0455. The highest BCUT2D eigenvalue weighted by atomic mass is 16.5. The van der Waals surface area contributed by atoms with Gasteiger partial charge in [0.15, 0.2) is 0 Å². The fourth-order valence-electron chi connectivity index (χ4n) is 3.08. The highest BCUT2D eigenvalue weighted by Crippen LogP contribution is 2.22.